The van der Waals surface area contributed by atoms with Crippen LogP contribution in [0, 0.1) is 19.7 Å². The van der Waals surface area contributed by atoms with Crippen LogP contribution in [0.25, 0.3) is 16.4 Å². The molecule has 0 aliphatic rings. The van der Waals surface area contributed by atoms with Crippen molar-refractivity contribution in [3.8, 4) is 17.4 Å². The number of nitrogens with zero attached hydrogens (tertiary/aromatic N) is 3. The molecule has 0 saturated carbocycles. The molecule has 1 aromatic carbocycles. The Morgan fingerprint density at radius 3 is 2.89 bits per heavy atom. The van der Waals surface area contributed by atoms with Gasteiger partial charge < -0.3 is 4.98 Å². The fraction of sp³-hybridized carbons (Fsp3) is 0.263. The van der Waals surface area contributed by atoms with E-state index in [0.29, 0.717) is 28.0 Å². The van der Waals surface area contributed by atoms with Crippen molar-refractivity contribution in [2.45, 2.75) is 25.5 Å². The fourth-order valence-corrected chi connectivity index (χ4v) is 3.16. The zero-order valence-electron chi connectivity index (χ0n) is 15.2. The van der Waals surface area contributed by atoms with Crippen LogP contribution in [0.15, 0.2) is 30.7 Å². The number of aromatic nitrogens is 4. The smallest absolute Gasteiger partial charge is 0.359 e. The standard InChI is InChI=1S/C19H18AsFN4O2/c1-10(20)8-26-16-7-25-18(12(16)3)19(22-9-23-25)27-15-5-4-14-13(17(15)21)6-11(2)24-14/h4-7,9-10,24H,8H2,1-3H3. The number of halogens is 1. The molecule has 1 N–H and O–H groups in total. The molecule has 6 nitrogen and oxygen atoms in total. The molecule has 3 heterocycles. The molecule has 138 valence electrons. The van der Waals surface area contributed by atoms with Gasteiger partial charge in [0.2, 0.25) is 0 Å². The second-order valence-corrected chi connectivity index (χ2v) is 8.38. The van der Waals surface area contributed by atoms with Gasteiger partial charge in [-0.25, -0.2) is 0 Å². The molecule has 0 amide bonds. The van der Waals surface area contributed by atoms with E-state index in [9.17, 15) is 4.39 Å². The van der Waals surface area contributed by atoms with E-state index in [-0.39, 0.29) is 11.6 Å². The van der Waals surface area contributed by atoms with Crippen molar-refractivity contribution in [2.75, 3.05) is 6.61 Å². The van der Waals surface area contributed by atoms with Gasteiger partial charge in [0, 0.05) is 5.69 Å². The number of ether oxygens (including phenoxy) is 2. The Morgan fingerprint density at radius 1 is 1.30 bits per heavy atom. The number of hydrogen-bond donors (Lipinski definition) is 1. The van der Waals surface area contributed by atoms with Crippen molar-refractivity contribution in [3.05, 3.63) is 47.8 Å². The first-order valence-corrected chi connectivity index (χ1v) is 9.62. The minimum atomic E-state index is -0.424. The molecule has 1 unspecified atom stereocenters. The summed E-state index contributed by atoms with van der Waals surface area (Å²) in [6.45, 7) is 6.42. The van der Waals surface area contributed by atoms with E-state index in [1.807, 2.05) is 13.8 Å². The molecule has 27 heavy (non-hydrogen) atoms. The van der Waals surface area contributed by atoms with Gasteiger partial charge in [-0.05, 0) is 6.92 Å². The van der Waals surface area contributed by atoms with Gasteiger partial charge in [-0.1, -0.05) is 0 Å². The van der Waals surface area contributed by atoms with Crippen LogP contribution in [0.4, 0.5) is 4.39 Å². The van der Waals surface area contributed by atoms with Crippen molar-refractivity contribution >= 4 is 33.3 Å². The molecule has 1 atom stereocenters. The van der Waals surface area contributed by atoms with Gasteiger partial charge in [-0.15, -0.1) is 0 Å². The van der Waals surface area contributed by atoms with Gasteiger partial charge in [0.25, 0.3) is 0 Å². The Hall–Kier alpha value is -2.53. The number of benzene rings is 1. The predicted molar refractivity (Wildman–Crippen MR) is 101 cm³/mol. The van der Waals surface area contributed by atoms with E-state index in [4.69, 9.17) is 9.47 Å². The molecule has 8 heteroatoms. The van der Waals surface area contributed by atoms with Crippen LogP contribution in [-0.2, 0) is 0 Å². The van der Waals surface area contributed by atoms with E-state index in [1.165, 1.54) is 6.33 Å². The number of aromatic amines is 1. The van der Waals surface area contributed by atoms with Crippen LogP contribution >= 0.6 is 0 Å². The summed E-state index contributed by atoms with van der Waals surface area (Å²) >= 11 is 2.54. The third kappa shape index (κ3) is 3.28. The van der Waals surface area contributed by atoms with Crippen molar-refractivity contribution in [2.24, 2.45) is 0 Å². The Morgan fingerprint density at radius 2 is 2.11 bits per heavy atom. The first-order valence-electron chi connectivity index (χ1n) is 8.53. The van der Waals surface area contributed by atoms with E-state index in [2.05, 4.69) is 38.8 Å². The number of H-pyrrole nitrogens is 1. The maximum absolute atomic E-state index is 14.9. The fourth-order valence-electron chi connectivity index (χ4n) is 3.01. The summed E-state index contributed by atoms with van der Waals surface area (Å²) in [6, 6.07) is 5.14. The Bertz CT molecular complexity index is 1140. The number of fused-ring (bicyclic) bond motifs is 2. The predicted octanol–water partition coefficient (Wildman–Crippen LogP) is 4.11. The Kier molecular flexibility index (Phi) is 4.56. The van der Waals surface area contributed by atoms with E-state index in [0.717, 1.165) is 16.8 Å². The third-order valence-electron chi connectivity index (χ3n) is 4.27. The molecular formula is C19H18AsFN4O2. The SMILES string of the molecule is Cc1cc2c(F)c(Oc3ncnn4cc(OCC(C)[As])c(C)c34)ccc2[nH]1. The zero-order chi connectivity index (χ0) is 19.1. The van der Waals surface area contributed by atoms with Crippen LogP contribution in [0.1, 0.15) is 18.2 Å². The van der Waals surface area contributed by atoms with E-state index in [1.54, 1.807) is 28.9 Å². The van der Waals surface area contributed by atoms with Crippen molar-refractivity contribution in [3.63, 3.8) is 0 Å². The van der Waals surface area contributed by atoms with Crippen LogP contribution in [0.2, 0.25) is 4.71 Å². The molecule has 2 radical (unpaired) electrons. The Labute approximate surface area is 164 Å². The average Bonchev–Trinajstić information content (AvgIpc) is 3.16. The molecule has 3 aromatic heterocycles. The normalized spacial score (nSPS) is 12.6. The number of aryl methyl sites for hydroxylation is 2. The number of nitrogens with one attached hydrogen (secondary N) is 1. The maximum atomic E-state index is 14.9. The van der Waals surface area contributed by atoms with Gasteiger partial charge in [-0.2, -0.15) is 0 Å². The van der Waals surface area contributed by atoms with Gasteiger partial charge in [0.05, 0.1) is 0 Å². The van der Waals surface area contributed by atoms with Crippen LogP contribution in [0.3, 0.4) is 0 Å². The van der Waals surface area contributed by atoms with Crippen LogP contribution in [-0.4, -0.2) is 43.0 Å². The zero-order valence-corrected chi connectivity index (χ0v) is 17.0. The second kappa shape index (κ2) is 6.89. The second-order valence-electron chi connectivity index (χ2n) is 6.53. The molecule has 0 aliphatic carbocycles. The van der Waals surface area contributed by atoms with Gasteiger partial charge in [0.1, 0.15) is 0 Å². The third-order valence-corrected chi connectivity index (χ3v) is 4.58. The molecule has 0 bridgehead atoms. The Balaban J connectivity index is 1.75. The molecular weight excluding hydrogens is 410 g/mol. The molecule has 4 aromatic rings. The summed E-state index contributed by atoms with van der Waals surface area (Å²) in [5.41, 5.74) is 3.11. The van der Waals surface area contributed by atoms with Gasteiger partial charge in [-0.3, -0.25) is 0 Å². The van der Waals surface area contributed by atoms with Crippen LogP contribution < -0.4 is 9.47 Å². The summed E-state index contributed by atoms with van der Waals surface area (Å²) in [6.07, 6.45) is 3.16. The molecule has 0 spiro atoms. The minimum absolute atomic E-state index is 0.115. The summed E-state index contributed by atoms with van der Waals surface area (Å²) in [5.74, 6) is 0.676. The van der Waals surface area contributed by atoms with Crippen molar-refractivity contribution in [1.82, 2.24) is 19.6 Å². The number of rotatable bonds is 5. The number of hydrogen-bond acceptors (Lipinski definition) is 4. The summed E-state index contributed by atoms with van der Waals surface area (Å²) < 4.78 is 28.5. The summed E-state index contributed by atoms with van der Waals surface area (Å²) in [4.78, 5) is 7.32. The van der Waals surface area contributed by atoms with Crippen LogP contribution in [0.5, 0.6) is 17.4 Å². The van der Waals surface area contributed by atoms with E-state index >= 15 is 0 Å². The topological polar surface area (TPSA) is 64.4 Å². The minimum Gasteiger partial charge on any atom is -0.359 e. The van der Waals surface area contributed by atoms with Crippen molar-refractivity contribution < 1.29 is 13.9 Å². The average molecular weight is 428 g/mol. The monoisotopic (exact) mass is 428 g/mol. The van der Waals surface area contributed by atoms with Gasteiger partial charge in [0.15, 0.2) is 0 Å². The molecule has 4 rings (SSSR count). The first-order chi connectivity index (χ1) is 12.9. The summed E-state index contributed by atoms with van der Waals surface area (Å²) in [7, 11) is 0. The van der Waals surface area contributed by atoms with E-state index < -0.39 is 5.82 Å². The summed E-state index contributed by atoms with van der Waals surface area (Å²) in [5, 5.41) is 4.70. The molecule has 0 fully saturated rings. The quantitative estimate of drug-likeness (QED) is 0.486. The molecule has 0 aliphatic heterocycles. The van der Waals surface area contributed by atoms with Crippen molar-refractivity contribution in [1.29, 1.82) is 0 Å². The first kappa shape index (κ1) is 17.9. The molecule has 0 saturated heterocycles. The van der Waals surface area contributed by atoms with Gasteiger partial charge >= 0.3 is 146 Å².